The first-order chi connectivity index (χ1) is 26.4. The number of aromatic nitrogens is 5. The standard InChI is InChI=1S/C40H47N11O3/c1-25-33(23-42-39-37(25)41-14-19-54-39)26-2-3-27-21-43-40(47-35(27)20-26)46-29-22-44-51(24-29)32-12-17-50(18-13-32)31-10-15-49(16-11-31)30-6-4-28(5-7-30)45-34-8-9-36(52)48-38(34)53/h2-7,20-24,31-32,34,38,41,45,53H,8-19H2,1H3,(H,48,52)(H,43,46,47). The van der Waals surface area contributed by atoms with E-state index in [1.54, 1.807) is 0 Å². The number of carbonyl (C=O) groups excluding carboxylic acids is 1. The van der Waals surface area contributed by atoms with Gasteiger partial charge in [0, 0.05) is 86.1 Å². The van der Waals surface area contributed by atoms with E-state index < -0.39 is 6.23 Å². The number of amides is 1. The highest BCUT2D eigenvalue weighted by Crippen LogP contribution is 2.36. The molecular weight excluding hydrogens is 683 g/mol. The van der Waals surface area contributed by atoms with E-state index in [4.69, 9.17) is 14.8 Å². The van der Waals surface area contributed by atoms with Crippen LogP contribution >= 0.6 is 0 Å². The highest BCUT2D eigenvalue weighted by atomic mass is 16.5. The summed E-state index contributed by atoms with van der Waals surface area (Å²) in [6.45, 7) is 7.71. The molecule has 0 bridgehead atoms. The summed E-state index contributed by atoms with van der Waals surface area (Å²) in [4.78, 5) is 30.7. The predicted molar refractivity (Wildman–Crippen MR) is 209 cm³/mol. The normalized spacial score (nSPS) is 21.2. The summed E-state index contributed by atoms with van der Waals surface area (Å²) in [7, 11) is 0. The molecule has 4 aliphatic rings. The largest absolute Gasteiger partial charge is 0.474 e. The van der Waals surface area contributed by atoms with Crippen LogP contribution in [-0.2, 0) is 4.79 Å². The maximum Gasteiger partial charge on any atom is 0.237 e. The first-order valence-corrected chi connectivity index (χ1v) is 19.2. The third-order valence-electron chi connectivity index (χ3n) is 11.5. The summed E-state index contributed by atoms with van der Waals surface area (Å²) < 4.78 is 7.83. The molecule has 2 atom stereocenters. The average molecular weight is 730 g/mol. The Morgan fingerprint density at radius 3 is 2.54 bits per heavy atom. The Labute approximate surface area is 314 Å². The van der Waals surface area contributed by atoms with E-state index in [0.717, 1.165) is 103 Å². The summed E-state index contributed by atoms with van der Waals surface area (Å²) >= 11 is 0. The summed E-state index contributed by atoms with van der Waals surface area (Å²) in [5.74, 6) is 1.10. The number of hydrogen-bond acceptors (Lipinski definition) is 12. The van der Waals surface area contributed by atoms with Crippen LogP contribution < -0.4 is 30.9 Å². The van der Waals surface area contributed by atoms with Crippen molar-refractivity contribution in [3.63, 3.8) is 0 Å². The predicted octanol–water partition coefficient (Wildman–Crippen LogP) is 5.06. The number of likely N-dealkylation sites (tertiary alicyclic amines) is 1. The molecule has 14 nitrogen and oxygen atoms in total. The van der Waals surface area contributed by atoms with Crippen molar-refractivity contribution in [2.75, 3.05) is 60.2 Å². The lowest BCUT2D eigenvalue weighted by Crippen LogP contribution is -2.51. The highest BCUT2D eigenvalue weighted by Gasteiger charge is 2.30. The number of pyridine rings is 1. The van der Waals surface area contributed by atoms with Crippen molar-refractivity contribution in [2.24, 2.45) is 0 Å². The lowest BCUT2D eigenvalue weighted by Gasteiger charge is -2.42. The number of carbonyl (C=O) groups is 1. The number of aliphatic hydroxyl groups excluding tert-OH is 1. The Kier molecular flexibility index (Phi) is 9.37. The van der Waals surface area contributed by atoms with Gasteiger partial charge >= 0.3 is 0 Å². The van der Waals surface area contributed by atoms with Crippen LogP contribution in [0, 0.1) is 6.92 Å². The van der Waals surface area contributed by atoms with Crippen molar-refractivity contribution in [2.45, 2.75) is 69.8 Å². The average Bonchev–Trinajstić information content (AvgIpc) is 3.68. The zero-order chi connectivity index (χ0) is 36.6. The van der Waals surface area contributed by atoms with Crippen LogP contribution in [0.25, 0.3) is 22.0 Å². The van der Waals surface area contributed by atoms with Gasteiger partial charge in [-0.2, -0.15) is 5.10 Å². The Morgan fingerprint density at radius 2 is 1.72 bits per heavy atom. The Balaban J connectivity index is 0.766. The molecule has 3 aromatic heterocycles. The molecule has 2 aromatic carbocycles. The number of nitrogens with one attached hydrogen (secondary N) is 4. The van der Waals surface area contributed by atoms with Gasteiger partial charge in [-0.1, -0.05) is 12.1 Å². The zero-order valence-electron chi connectivity index (χ0n) is 30.5. The molecule has 14 heteroatoms. The van der Waals surface area contributed by atoms with E-state index in [9.17, 15) is 9.90 Å². The number of anilines is 5. The minimum absolute atomic E-state index is 0.0996. The molecule has 280 valence electrons. The van der Waals surface area contributed by atoms with Crippen LogP contribution in [0.5, 0.6) is 5.88 Å². The first-order valence-electron chi connectivity index (χ1n) is 19.2. The first kappa shape index (κ1) is 34.3. The quantitative estimate of drug-likeness (QED) is 0.145. The Hall–Kier alpha value is -5.47. The van der Waals surface area contributed by atoms with Crippen molar-refractivity contribution in [1.82, 2.24) is 34.9 Å². The van der Waals surface area contributed by atoms with Gasteiger partial charge in [-0.3, -0.25) is 9.48 Å². The second-order valence-corrected chi connectivity index (χ2v) is 14.9. The van der Waals surface area contributed by atoms with Gasteiger partial charge in [0.05, 0.1) is 29.5 Å². The number of ether oxygens (including phenoxy) is 1. The molecule has 2 unspecified atom stereocenters. The highest BCUT2D eigenvalue weighted by molar-refractivity contribution is 5.86. The maximum absolute atomic E-state index is 11.5. The van der Waals surface area contributed by atoms with Crippen LogP contribution in [0.3, 0.4) is 0 Å². The number of piperidine rings is 3. The number of fused-ring (bicyclic) bond motifs is 2. The summed E-state index contributed by atoms with van der Waals surface area (Å²) in [6, 6.07) is 15.5. The fourth-order valence-electron chi connectivity index (χ4n) is 8.42. The topological polar surface area (TPSA) is 158 Å². The summed E-state index contributed by atoms with van der Waals surface area (Å²) in [5, 5.41) is 28.7. The maximum atomic E-state index is 11.5. The molecule has 0 aliphatic carbocycles. The van der Waals surface area contributed by atoms with E-state index in [1.165, 1.54) is 5.69 Å². The van der Waals surface area contributed by atoms with Crippen molar-refractivity contribution in [3.8, 4) is 17.0 Å². The van der Waals surface area contributed by atoms with E-state index in [1.807, 2.05) is 18.6 Å². The molecule has 7 heterocycles. The smallest absolute Gasteiger partial charge is 0.237 e. The minimum Gasteiger partial charge on any atom is -0.474 e. The molecule has 9 rings (SSSR count). The number of nitrogens with zero attached hydrogens (tertiary/aromatic N) is 7. The van der Waals surface area contributed by atoms with Crippen molar-refractivity contribution >= 4 is 45.5 Å². The third-order valence-corrected chi connectivity index (χ3v) is 11.5. The minimum atomic E-state index is -0.862. The second kappa shape index (κ2) is 14.7. The number of hydrogen-bond donors (Lipinski definition) is 5. The number of aliphatic hydroxyl groups is 1. The summed E-state index contributed by atoms with van der Waals surface area (Å²) in [6.07, 6.45) is 12.3. The van der Waals surface area contributed by atoms with Crippen molar-refractivity contribution in [3.05, 3.63) is 72.8 Å². The van der Waals surface area contributed by atoms with Crippen molar-refractivity contribution < 1.29 is 14.6 Å². The second-order valence-electron chi connectivity index (χ2n) is 14.9. The van der Waals surface area contributed by atoms with Gasteiger partial charge in [0.2, 0.25) is 17.7 Å². The van der Waals surface area contributed by atoms with E-state index in [0.29, 0.717) is 43.4 Å². The third kappa shape index (κ3) is 7.10. The molecule has 1 amide bonds. The van der Waals surface area contributed by atoms with Crippen LogP contribution in [0.1, 0.15) is 50.1 Å². The molecule has 4 aliphatic heterocycles. The van der Waals surface area contributed by atoms with Gasteiger partial charge in [0.1, 0.15) is 18.5 Å². The van der Waals surface area contributed by atoms with E-state index >= 15 is 0 Å². The van der Waals surface area contributed by atoms with E-state index in [-0.39, 0.29) is 11.9 Å². The Bertz CT molecular complexity index is 2120. The molecular formula is C40H47N11O3. The molecule has 54 heavy (non-hydrogen) atoms. The molecule has 0 spiro atoms. The van der Waals surface area contributed by atoms with E-state index in [2.05, 4.69) is 101 Å². The lowest BCUT2D eigenvalue weighted by molar-refractivity contribution is -0.126. The van der Waals surface area contributed by atoms with Gasteiger partial charge in [0.15, 0.2) is 0 Å². The number of benzene rings is 2. The van der Waals surface area contributed by atoms with Crippen LogP contribution in [0.2, 0.25) is 0 Å². The zero-order valence-corrected chi connectivity index (χ0v) is 30.5. The fourth-order valence-corrected chi connectivity index (χ4v) is 8.42. The molecule has 0 radical (unpaired) electrons. The van der Waals surface area contributed by atoms with Crippen molar-refractivity contribution in [1.29, 1.82) is 0 Å². The molecule has 0 saturated carbocycles. The molecule has 5 aromatic rings. The van der Waals surface area contributed by atoms with Gasteiger partial charge in [-0.25, -0.2) is 15.0 Å². The van der Waals surface area contributed by atoms with Gasteiger partial charge in [-0.05, 0) is 80.5 Å². The monoisotopic (exact) mass is 729 g/mol. The fraction of sp³-hybridized carbons (Fsp3) is 0.425. The lowest BCUT2D eigenvalue weighted by atomic mass is 9.97. The molecule has 5 N–H and O–H groups in total. The molecule has 3 fully saturated rings. The molecule has 3 saturated heterocycles. The van der Waals surface area contributed by atoms with Crippen LogP contribution in [0.4, 0.5) is 28.7 Å². The Morgan fingerprint density at radius 1 is 0.907 bits per heavy atom. The van der Waals surface area contributed by atoms with Gasteiger partial charge in [0.25, 0.3) is 0 Å². The van der Waals surface area contributed by atoms with Crippen LogP contribution in [0.15, 0.2) is 67.3 Å². The SMILES string of the molecule is Cc1c(-c2ccc3cnc(Nc4cnn(C5CCN(C6CCN(c7ccc(NC8CCC(=O)NC8O)cc7)CC6)CC5)c4)nc3c2)cnc2c1NCCO2. The number of rotatable bonds is 8. The van der Waals surface area contributed by atoms with Gasteiger partial charge < -0.3 is 40.9 Å². The van der Waals surface area contributed by atoms with Crippen LogP contribution in [-0.4, -0.2) is 98.3 Å². The summed E-state index contributed by atoms with van der Waals surface area (Å²) in [5.41, 5.74) is 8.08. The van der Waals surface area contributed by atoms with Gasteiger partial charge in [-0.15, -0.1) is 0 Å².